The van der Waals surface area contributed by atoms with E-state index in [0.717, 1.165) is 0 Å². The van der Waals surface area contributed by atoms with Gasteiger partial charge in [0.25, 0.3) is 15.9 Å². The van der Waals surface area contributed by atoms with Crippen LogP contribution < -0.4 is 25.2 Å². The standard InChI is InChI=1S/C25H23N3O6S/c1-3-33-19-14-12-18(13-15-19)26-24(29)21-16-17-8-7-11-22(32-2)23(17)34-25(21)27-28-35(30,31)20-9-5-4-6-10-20/h4-16,28H,3H2,1-2H3,(H,26,29). The molecule has 4 aromatic rings. The zero-order valence-corrected chi connectivity index (χ0v) is 19.8. The summed E-state index contributed by atoms with van der Waals surface area (Å²) in [6.07, 6.45) is 0. The number of hydrogen-bond acceptors (Lipinski definition) is 7. The van der Waals surface area contributed by atoms with Crippen molar-refractivity contribution in [2.75, 3.05) is 19.0 Å². The number of nitrogens with zero attached hydrogens (tertiary/aromatic N) is 1. The third kappa shape index (κ3) is 5.44. The van der Waals surface area contributed by atoms with Crippen molar-refractivity contribution in [3.8, 4) is 11.5 Å². The second-order valence-corrected chi connectivity index (χ2v) is 8.94. The zero-order chi connectivity index (χ0) is 24.8. The first-order chi connectivity index (χ1) is 16.9. The summed E-state index contributed by atoms with van der Waals surface area (Å²) in [5, 5.41) is 7.28. The van der Waals surface area contributed by atoms with Crippen molar-refractivity contribution >= 4 is 32.6 Å². The highest BCUT2D eigenvalue weighted by molar-refractivity contribution is 7.89. The van der Waals surface area contributed by atoms with Gasteiger partial charge in [0.1, 0.15) is 11.3 Å². The van der Waals surface area contributed by atoms with Crippen molar-refractivity contribution in [2.45, 2.75) is 11.8 Å². The fourth-order valence-electron chi connectivity index (χ4n) is 3.28. The first kappa shape index (κ1) is 23.8. The lowest BCUT2D eigenvalue weighted by molar-refractivity contribution is 0.102. The Balaban J connectivity index is 1.75. The van der Waals surface area contributed by atoms with Crippen molar-refractivity contribution in [1.29, 1.82) is 0 Å². The Kier molecular flexibility index (Phi) is 7.02. The molecular weight excluding hydrogens is 470 g/mol. The minimum absolute atomic E-state index is 0.0162. The predicted molar refractivity (Wildman–Crippen MR) is 131 cm³/mol. The number of carbonyl (C=O) groups excluding carboxylic acids is 1. The van der Waals surface area contributed by atoms with Gasteiger partial charge in [-0.15, -0.1) is 5.10 Å². The zero-order valence-electron chi connectivity index (χ0n) is 19.0. The minimum Gasteiger partial charge on any atom is -0.494 e. The van der Waals surface area contributed by atoms with Crippen molar-refractivity contribution in [1.82, 2.24) is 4.83 Å². The first-order valence-electron chi connectivity index (χ1n) is 10.7. The molecular formula is C25H23N3O6S. The highest BCUT2D eigenvalue weighted by Gasteiger charge is 2.17. The summed E-state index contributed by atoms with van der Waals surface area (Å²) in [5.41, 5.74) is 0.616. The van der Waals surface area contributed by atoms with Gasteiger partial charge >= 0.3 is 0 Å². The molecule has 0 aliphatic heterocycles. The summed E-state index contributed by atoms with van der Waals surface area (Å²) in [5.74, 6) is 0.535. The molecule has 0 saturated heterocycles. The molecule has 0 aliphatic rings. The Morgan fingerprint density at radius 3 is 2.43 bits per heavy atom. The molecule has 0 unspecified atom stereocenters. The summed E-state index contributed by atoms with van der Waals surface area (Å²) >= 11 is 0. The minimum atomic E-state index is -3.99. The van der Waals surface area contributed by atoms with Gasteiger partial charge < -0.3 is 19.2 Å². The highest BCUT2D eigenvalue weighted by atomic mass is 32.2. The third-order valence-corrected chi connectivity index (χ3v) is 6.17. The molecule has 1 heterocycles. The van der Waals surface area contributed by atoms with Crippen LogP contribution in [0.25, 0.3) is 11.0 Å². The second-order valence-electron chi connectivity index (χ2n) is 7.27. The Morgan fingerprint density at radius 1 is 1.00 bits per heavy atom. The van der Waals surface area contributed by atoms with Gasteiger partial charge in [-0.05, 0) is 55.5 Å². The lowest BCUT2D eigenvalue weighted by Crippen LogP contribution is -2.27. The van der Waals surface area contributed by atoms with E-state index in [2.05, 4.69) is 15.2 Å². The van der Waals surface area contributed by atoms with E-state index < -0.39 is 15.9 Å². The number of methoxy groups -OCH3 is 1. The predicted octanol–water partition coefficient (Wildman–Crippen LogP) is 3.89. The lowest BCUT2D eigenvalue weighted by atomic mass is 10.1. The highest BCUT2D eigenvalue weighted by Crippen LogP contribution is 2.25. The van der Waals surface area contributed by atoms with Crippen molar-refractivity contribution in [2.24, 2.45) is 5.10 Å². The van der Waals surface area contributed by atoms with Crippen LogP contribution in [0, 0.1) is 0 Å². The molecule has 180 valence electrons. The maximum atomic E-state index is 13.2. The summed E-state index contributed by atoms with van der Waals surface area (Å²) in [7, 11) is -2.51. The number of hydrogen-bond donors (Lipinski definition) is 2. The maximum absolute atomic E-state index is 13.2. The van der Waals surface area contributed by atoms with E-state index in [4.69, 9.17) is 13.9 Å². The third-order valence-electron chi connectivity index (χ3n) is 4.95. The number of ether oxygens (including phenoxy) is 2. The first-order valence-corrected chi connectivity index (χ1v) is 12.2. The van der Waals surface area contributed by atoms with Crippen LogP contribution in [0.2, 0.25) is 0 Å². The molecule has 10 heteroatoms. The summed E-state index contributed by atoms with van der Waals surface area (Å²) < 4.78 is 41.9. The molecule has 3 aromatic carbocycles. The molecule has 0 atom stereocenters. The van der Waals surface area contributed by atoms with E-state index in [-0.39, 0.29) is 16.0 Å². The number of amides is 1. The number of benzene rings is 3. The van der Waals surface area contributed by atoms with Crippen LogP contribution in [-0.2, 0) is 10.0 Å². The van der Waals surface area contributed by atoms with Gasteiger partial charge in [0.2, 0.25) is 5.55 Å². The Morgan fingerprint density at radius 2 is 1.74 bits per heavy atom. The van der Waals surface area contributed by atoms with Crippen LogP contribution in [0.5, 0.6) is 11.5 Å². The van der Waals surface area contributed by atoms with E-state index in [1.54, 1.807) is 66.7 Å². The van der Waals surface area contributed by atoms with E-state index >= 15 is 0 Å². The molecule has 0 spiro atoms. The largest absolute Gasteiger partial charge is 0.494 e. The maximum Gasteiger partial charge on any atom is 0.276 e. The van der Waals surface area contributed by atoms with Gasteiger partial charge in [-0.3, -0.25) is 4.79 Å². The Hall–Kier alpha value is -4.31. The molecule has 35 heavy (non-hydrogen) atoms. The smallest absolute Gasteiger partial charge is 0.276 e. The molecule has 1 amide bonds. The topological polar surface area (TPSA) is 119 Å². The molecule has 0 saturated carbocycles. The van der Waals surface area contributed by atoms with Crippen LogP contribution in [0.4, 0.5) is 5.69 Å². The van der Waals surface area contributed by atoms with Crippen molar-refractivity contribution in [3.05, 3.63) is 90.0 Å². The van der Waals surface area contributed by atoms with Crippen LogP contribution in [-0.4, -0.2) is 28.0 Å². The van der Waals surface area contributed by atoms with Crippen LogP contribution in [0.3, 0.4) is 0 Å². The van der Waals surface area contributed by atoms with Gasteiger partial charge in [0.05, 0.1) is 18.6 Å². The number of anilines is 1. The second kappa shape index (κ2) is 10.3. The fraction of sp³-hybridized carbons (Fsp3) is 0.120. The Bertz CT molecular complexity index is 1510. The molecule has 2 N–H and O–H groups in total. The van der Waals surface area contributed by atoms with E-state index in [1.807, 2.05) is 6.92 Å². The van der Waals surface area contributed by atoms with Gasteiger partial charge in [-0.2, -0.15) is 13.2 Å². The average molecular weight is 494 g/mol. The van der Waals surface area contributed by atoms with Crippen LogP contribution in [0.1, 0.15) is 17.3 Å². The molecule has 0 bridgehead atoms. The number of fused-ring (bicyclic) bond motifs is 1. The molecule has 1 aromatic heterocycles. The van der Waals surface area contributed by atoms with Gasteiger partial charge in [0, 0.05) is 11.1 Å². The lowest BCUT2D eigenvalue weighted by Gasteiger charge is -2.10. The monoisotopic (exact) mass is 493 g/mol. The molecule has 0 aliphatic carbocycles. The van der Waals surface area contributed by atoms with E-state index in [1.165, 1.54) is 19.2 Å². The molecule has 9 nitrogen and oxygen atoms in total. The van der Waals surface area contributed by atoms with Crippen LogP contribution in [0.15, 0.2) is 93.3 Å². The normalized spacial score (nSPS) is 11.8. The SMILES string of the molecule is CCOc1ccc(NC(=O)c2cc3cccc(OC)c3oc2=NNS(=O)(=O)c2ccccc2)cc1. The fourth-order valence-corrected chi connectivity index (χ4v) is 4.11. The molecule has 0 radical (unpaired) electrons. The van der Waals surface area contributed by atoms with E-state index in [0.29, 0.717) is 34.8 Å². The van der Waals surface area contributed by atoms with Gasteiger partial charge in [0.15, 0.2) is 11.3 Å². The number of nitrogens with one attached hydrogen (secondary N) is 2. The quantitative estimate of drug-likeness (QED) is 0.360. The van der Waals surface area contributed by atoms with Crippen LogP contribution >= 0.6 is 0 Å². The van der Waals surface area contributed by atoms with Gasteiger partial charge in [-0.1, -0.05) is 30.3 Å². The number of para-hydroxylation sites is 1. The number of rotatable bonds is 8. The van der Waals surface area contributed by atoms with Crippen molar-refractivity contribution in [3.63, 3.8) is 0 Å². The molecule has 0 fully saturated rings. The van der Waals surface area contributed by atoms with E-state index in [9.17, 15) is 13.2 Å². The summed E-state index contributed by atoms with van der Waals surface area (Å²) in [6.45, 7) is 2.41. The average Bonchev–Trinajstić information content (AvgIpc) is 2.88. The summed E-state index contributed by atoms with van der Waals surface area (Å²) in [4.78, 5) is 15.3. The number of sulfonamides is 1. The molecule has 4 rings (SSSR count). The van der Waals surface area contributed by atoms with Crippen molar-refractivity contribution < 1.29 is 27.1 Å². The van der Waals surface area contributed by atoms with Gasteiger partial charge in [-0.25, -0.2) is 0 Å². The summed E-state index contributed by atoms with van der Waals surface area (Å²) in [6, 6.07) is 21.3. The number of carbonyl (C=O) groups is 1. The Labute approximate surface area is 202 Å².